The van der Waals surface area contributed by atoms with E-state index in [0.29, 0.717) is 6.42 Å². The molecule has 0 radical (unpaired) electrons. The minimum absolute atomic E-state index is 0.0531. The SMILES string of the molecule is CCOC(=O)CNC(=O)C(NC(=O)CC)C(C)C. The van der Waals surface area contributed by atoms with Gasteiger partial charge in [-0.1, -0.05) is 20.8 Å². The molecule has 0 aromatic rings. The van der Waals surface area contributed by atoms with Crippen molar-refractivity contribution in [2.45, 2.75) is 40.2 Å². The second-order valence-corrected chi connectivity index (χ2v) is 4.17. The van der Waals surface area contributed by atoms with Crippen molar-refractivity contribution in [1.82, 2.24) is 10.6 Å². The van der Waals surface area contributed by atoms with E-state index in [1.54, 1.807) is 13.8 Å². The number of rotatable bonds is 7. The van der Waals surface area contributed by atoms with E-state index in [1.807, 2.05) is 13.8 Å². The number of ether oxygens (including phenoxy) is 1. The van der Waals surface area contributed by atoms with E-state index in [9.17, 15) is 14.4 Å². The predicted molar refractivity (Wildman–Crippen MR) is 66.7 cm³/mol. The molecular weight excluding hydrogens is 236 g/mol. The third kappa shape index (κ3) is 6.22. The van der Waals surface area contributed by atoms with E-state index in [2.05, 4.69) is 10.6 Å². The summed E-state index contributed by atoms with van der Waals surface area (Å²) in [5.74, 6) is -1.11. The van der Waals surface area contributed by atoms with Gasteiger partial charge in [-0.2, -0.15) is 0 Å². The summed E-state index contributed by atoms with van der Waals surface area (Å²) in [6, 6.07) is -0.633. The second kappa shape index (κ2) is 8.49. The van der Waals surface area contributed by atoms with Crippen molar-refractivity contribution in [3.8, 4) is 0 Å². The number of hydrogen-bond donors (Lipinski definition) is 2. The average Bonchev–Trinajstić information content (AvgIpc) is 2.32. The van der Waals surface area contributed by atoms with Gasteiger partial charge in [-0.25, -0.2) is 0 Å². The lowest BCUT2D eigenvalue weighted by molar-refractivity contribution is -0.143. The monoisotopic (exact) mass is 258 g/mol. The van der Waals surface area contributed by atoms with Gasteiger partial charge in [-0.3, -0.25) is 14.4 Å². The second-order valence-electron chi connectivity index (χ2n) is 4.17. The zero-order chi connectivity index (χ0) is 14.1. The van der Waals surface area contributed by atoms with Crippen molar-refractivity contribution in [2.24, 2.45) is 5.92 Å². The first kappa shape index (κ1) is 16.4. The van der Waals surface area contributed by atoms with Gasteiger partial charge in [0.05, 0.1) is 6.61 Å². The molecule has 6 heteroatoms. The predicted octanol–water partition coefficient (Wildman–Crippen LogP) is 0.217. The molecule has 1 atom stereocenters. The molecule has 0 bridgehead atoms. The molecule has 0 rings (SSSR count). The summed E-state index contributed by atoms with van der Waals surface area (Å²) >= 11 is 0. The van der Waals surface area contributed by atoms with E-state index in [4.69, 9.17) is 4.74 Å². The molecule has 0 aliphatic rings. The van der Waals surface area contributed by atoms with Crippen LogP contribution in [-0.4, -0.2) is 37.0 Å². The fourth-order valence-electron chi connectivity index (χ4n) is 1.29. The number of carbonyl (C=O) groups excluding carboxylic acids is 3. The van der Waals surface area contributed by atoms with E-state index in [-0.39, 0.29) is 30.9 Å². The number of carbonyl (C=O) groups is 3. The van der Waals surface area contributed by atoms with Crippen LogP contribution in [0.4, 0.5) is 0 Å². The molecule has 2 N–H and O–H groups in total. The zero-order valence-electron chi connectivity index (χ0n) is 11.4. The molecular formula is C12H22N2O4. The summed E-state index contributed by atoms with van der Waals surface area (Å²) in [6.07, 6.45) is 0.314. The Bertz CT molecular complexity index is 302. The van der Waals surface area contributed by atoms with E-state index in [1.165, 1.54) is 0 Å². The minimum atomic E-state index is -0.633. The van der Waals surface area contributed by atoms with Crippen molar-refractivity contribution in [3.05, 3.63) is 0 Å². The number of nitrogens with one attached hydrogen (secondary N) is 2. The highest BCUT2D eigenvalue weighted by Crippen LogP contribution is 2.02. The van der Waals surface area contributed by atoms with E-state index >= 15 is 0 Å². The van der Waals surface area contributed by atoms with Crippen LogP contribution < -0.4 is 10.6 Å². The Morgan fingerprint density at radius 3 is 2.22 bits per heavy atom. The molecule has 1 unspecified atom stereocenters. The Morgan fingerprint density at radius 1 is 1.17 bits per heavy atom. The smallest absolute Gasteiger partial charge is 0.325 e. The van der Waals surface area contributed by atoms with Gasteiger partial charge in [-0.05, 0) is 12.8 Å². The molecule has 0 spiro atoms. The first-order valence-electron chi connectivity index (χ1n) is 6.15. The largest absolute Gasteiger partial charge is 0.465 e. The Hall–Kier alpha value is -1.59. The Morgan fingerprint density at radius 2 is 1.78 bits per heavy atom. The molecule has 0 aromatic heterocycles. The molecule has 0 aromatic carbocycles. The lowest BCUT2D eigenvalue weighted by Crippen LogP contribution is -2.50. The van der Waals surface area contributed by atoms with Crippen molar-refractivity contribution in [2.75, 3.05) is 13.2 Å². The van der Waals surface area contributed by atoms with Crippen molar-refractivity contribution >= 4 is 17.8 Å². The van der Waals surface area contributed by atoms with Crippen LogP contribution in [0.2, 0.25) is 0 Å². The van der Waals surface area contributed by atoms with Crippen LogP contribution in [-0.2, 0) is 19.1 Å². The standard InChI is InChI=1S/C12H22N2O4/c1-5-9(15)14-11(8(3)4)12(17)13-7-10(16)18-6-2/h8,11H,5-7H2,1-4H3,(H,13,17)(H,14,15). The fraction of sp³-hybridized carbons (Fsp3) is 0.750. The topological polar surface area (TPSA) is 84.5 Å². The van der Waals surface area contributed by atoms with Crippen LogP contribution in [0, 0.1) is 5.92 Å². The highest BCUT2D eigenvalue weighted by atomic mass is 16.5. The molecule has 2 amide bonds. The molecule has 0 aliphatic heterocycles. The highest BCUT2D eigenvalue weighted by molar-refractivity contribution is 5.89. The van der Waals surface area contributed by atoms with Crippen LogP contribution in [0.1, 0.15) is 34.1 Å². The summed E-state index contributed by atoms with van der Waals surface area (Å²) in [4.78, 5) is 34.2. The Kier molecular flexibility index (Phi) is 7.74. The van der Waals surface area contributed by atoms with E-state index in [0.717, 1.165) is 0 Å². The fourth-order valence-corrected chi connectivity index (χ4v) is 1.29. The summed E-state index contributed by atoms with van der Waals surface area (Å²) in [7, 11) is 0. The quantitative estimate of drug-likeness (QED) is 0.640. The van der Waals surface area contributed by atoms with E-state index < -0.39 is 12.0 Å². The summed E-state index contributed by atoms with van der Waals surface area (Å²) in [6.45, 7) is 7.14. The third-order valence-electron chi connectivity index (χ3n) is 2.30. The van der Waals surface area contributed by atoms with Crippen molar-refractivity contribution in [1.29, 1.82) is 0 Å². The first-order valence-corrected chi connectivity index (χ1v) is 6.15. The van der Waals surface area contributed by atoms with Gasteiger partial charge >= 0.3 is 5.97 Å². The minimum Gasteiger partial charge on any atom is -0.465 e. The molecule has 0 saturated heterocycles. The van der Waals surface area contributed by atoms with Gasteiger partial charge in [0.25, 0.3) is 0 Å². The number of amides is 2. The van der Waals surface area contributed by atoms with Crippen LogP contribution in [0.3, 0.4) is 0 Å². The lowest BCUT2D eigenvalue weighted by atomic mass is 10.0. The van der Waals surface area contributed by atoms with Crippen LogP contribution in [0.15, 0.2) is 0 Å². The van der Waals surface area contributed by atoms with Gasteiger partial charge in [-0.15, -0.1) is 0 Å². The summed E-state index contributed by atoms with van der Waals surface area (Å²) in [5.41, 5.74) is 0. The Balaban J connectivity index is 4.31. The molecule has 0 heterocycles. The first-order chi connectivity index (χ1) is 8.42. The van der Waals surface area contributed by atoms with Crippen molar-refractivity contribution in [3.63, 3.8) is 0 Å². The summed E-state index contributed by atoms with van der Waals surface area (Å²) in [5, 5.41) is 5.07. The van der Waals surface area contributed by atoms with Gasteiger partial charge in [0, 0.05) is 6.42 Å². The maximum atomic E-state index is 11.8. The average molecular weight is 258 g/mol. The van der Waals surface area contributed by atoms with Crippen LogP contribution in [0.25, 0.3) is 0 Å². The van der Waals surface area contributed by atoms with Crippen molar-refractivity contribution < 1.29 is 19.1 Å². The van der Waals surface area contributed by atoms with Gasteiger partial charge in [0.15, 0.2) is 0 Å². The molecule has 0 aliphatic carbocycles. The maximum absolute atomic E-state index is 11.8. The number of hydrogen-bond acceptors (Lipinski definition) is 4. The molecule has 6 nitrogen and oxygen atoms in total. The summed E-state index contributed by atoms with van der Waals surface area (Å²) < 4.78 is 4.69. The molecule has 18 heavy (non-hydrogen) atoms. The van der Waals surface area contributed by atoms with Crippen LogP contribution in [0.5, 0.6) is 0 Å². The number of esters is 1. The third-order valence-corrected chi connectivity index (χ3v) is 2.30. The maximum Gasteiger partial charge on any atom is 0.325 e. The zero-order valence-corrected chi connectivity index (χ0v) is 11.4. The normalized spacial score (nSPS) is 11.8. The lowest BCUT2D eigenvalue weighted by Gasteiger charge is -2.21. The molecule has 0 fully saturated rings. The van der Waals surface area contributed by atoms with Gasteiger partial charge < -0.3 is 15.4 Å². The Labute approximate surface area is 107 Å². The van der Waals surface area contributed by atoms with Gasteiger partial charge in [0.1, 0.15) is 12.6 Å². The molecule has 0 saturated carbocycles. The molecule has 104 valence electrons. The van der Waals surface area contributed by atoms with Gasteiger partial charge in [0.2, 0.25) is 11.8 Å². The van der Waals surface area contributed by atoms with Crippen LogP contribution >= 0.6 is 0 Å². The highest BCUT2D eigenvalue weighted by Gasteiger charge is 2.23.